The standard InChI is InChI=1S/C10H13N3OS/c1-7-3-9(13-14-7)4-11-5-10-6-12-8(2)15-10/h3,6,11H,4-5H2,1-2H3. The normalized spacial score (nSPS) is 10.8. The maximum atomic E-state index is 4.97. The molecule has 0 saturated heterocycles. The average molecular weight is 223 g/mol. The van der Waals surface area contributed by atoms with Crippen LogP contribution in [0.3, 0.4) is 0 Å². The van der Waals surface area contributed by atoms with Crippen molar-refractivity contribution in [2.45, 2.75) is 26.9 Å². The first-order valence-electron chi connectivity index (χ1n) is 4.78. The van der Waals surface area contributed by atoms with Crippen molar-refractivity contribution in [1.82, 2.24) is 15.5 Å². The van der Waals surface area contributed by atoms with E-state index in [-0.39, 0.29) is 0 Å². The molecule has 5 heteroatoms. The molecular formula is C10H13N3OS. The highest BCUT2D eigenvalue weighted by atomic mass is 32.1. The Morgan fingerprint density at radius 1 is 1.40 bits per heavy atom. The van der Waals surface area contributed by atoms with Gasteiger partial charge < -0.3 is 9.84 Å². The predicted octanol–water partition coefficient (Wildman–Crippen LogP) is 2.04. The molecule has 0 aliphatic rings. The summed E-state index contributed by atoms with van der Waals surface area (Å²) in [6.07, 6.45) is 1.90. The largest absolute Gasteiger partial charge is 0.361 e. The smallest absolute Gasteiger partial charge is 0.133 e. The molecular weight excluding hydrogens is 210 g/mol. The van der Waals surface area contributed by atoms with Gasteiger partial charge in [0, 0.05) is 30.2 Å². The first kappa shape index (κ1) is 10.3. The molecule has 0 unspecified atom stereocenters. The maximum absolute atomic E-state index is 4.97. The molecule has 0 atom stereocenters. The lowest BCUT2D eigenvalue weighted by atomic mass is 10.4. The maximum Gasteiger partial charge on any atom is 0.133 e. The quantitative estimate of drug-likeness (QED) is 0.861. The van der Waals surface area contributed by atoms with Gasteiger partial charge in [0.1, 0.15) is 5.76 Å². The van der Waals surface area contributed by atoms with Crippen molar-refractivity contribution >= 4 is 11.3 Å². The second-order valence-electron chi connectivity index (χ2n) is 3.38. The van der Waals surface area contributed by atoms with Crippen LogP contribution in [0.5, 0.6) is 0 Å². The van der Waals surface area contributed by atoms with Crippen LogP contribution >= 0.6 is 11.3 Å². The minimum absolute atomic E-state index is 0.730. The molecule has 4 nitrogen and oxygen atoms in total. The highest BCUT2D eigenvalue weighted by Crippen LogP contribution is 2.11. The molecule has 0 spiro atoms. The third kappa shape index (κ3) is 2.87. The Bertz CT molecular complexity index is 395. The van der Waals surface area contributed by atoms with Gasteiger partial charge in [0.05, 0.1) is 10.7 Å². The molecule has 0 aliphatic carbocycles. The molecule has 0 saturated carbocycles. The van der Waals surface area contributed by atoms with Crippen LogP contribution in [0.1, 0.15) is 21.3 Å². The number of hydrogen-bond donors (Lipinski definition) is 1. The molecule has 0 fully saturated rings. The lowest BCUT2D eigenvalue weighted by Gasteiger charge is -1.97. The van der Waals surface area contributed by atoms with E-state index in [1.54, 1.807) is 11.3 Å². The van der Waals surface area contributed by atoms with Crippen LogP contribution in [-0.2, 0) is 13.1 Å². The number of aromatic nitrogens is 2. The minimum Gasteiger partial charge on any atom is -0.361 e. The van der Waals surface area contributed by atoms with Crippen LogP contribution in [0, 0.1) is 13.8 Å². The summed E-state index contributed by atoms with van der Waals surface area (Å²) in [5.41, 5.74) is 0.939. The van der Waals surface area contributed by atoms with E-state index in [4.69, 9.17) is 4.52 Å². The fourth-order valence-corrected chi connectivity index (χ4v) is 2.07. The van der Waals surface area contributed by atoms with Crippen LogP contribution in [0.25, 0.3) is 0 Å². The van der Waals surface area contributed by atoms with Crippen molar-refractivity contribution in [3.8, 4) is 0 Å². The van der Waals surface area contributed by atoms with Gasteiger partial charge in [-0.1, -0.05) is 5.16 Å². The third-order valence-corrected chi connectivity index (χ3v) is 2.86. The van der Waals surface area contributed by atoms with Gasteiger partial charge in [-0.2, -0.15) is 0 Å². The van der Waals surface area contributed by atoms with Crippen LogP contribution in [0.4, 0.5) is 0 Å². The molecule has 2 aromatic rings. The molecule has 0 aromatic carbocycles. The highest BCUT2D eigenvalue weighted by Gasteiger charge is 2.01. The predicted molar refractivity (Wildman–Crippen MR) is 58.6 cm³/mol. The Morgan fingerprint density at radius 2 is 2.27 bits per heavy atom. The topological polar surface area (TPSA) is 51.0 Å². The molecule has 80 valence electrons. The zero-order valence-corrected chi connectivity index (χ0v) is 9.60. The van der Waals surface area contributed by atoms with Gasteiger partial charge in [-0.3, -0.25) is 0 Å². The molecule has 0 aliphatic heterocycles. The van der Waals surface area contributed by atoms with Crippen molar-refractivity contribution in [2.24, 2.45) is 0 Å². The SMILES string of the molecule is Cc1cc(CNCc2cnc(C)s2)no1. The van der Waals surface area contributed by atoms with E-state index < -0.39 is 0 Å². The van der Waals surface area contributed by atoms with Gasteiger partial charge in [-0.25, -0.2) is 4.98 Å². The number of aryl methyl sites for hydroxylation is 2. The molecule has 2 rings (SSSR count). The zero-order valence-electron chi connectivity index (χ0n) is 8.78. The highest BCUT2D eigenvalue weighted by molar-refractivity contribution is 7.11. The van der Waals surface area contributed by atoms with Crippen molar-refractivity contribution in [3.63, 3.8) is 0 Å². The Morgan fingerprint density at radius 3 is 2.87 bits per heavy atom. The van der Waals surface area contributed by atoms with Crippen LogP contribution in [0.2, 0.25) is 0 Å². The monoisotopic (exact) mass is 223 g/mol. The van der Waals surface area contributed by atoms with Gasteiger partial charge in [-0.05, 0) is 13.8 Å². The second kappa shape index (κ2) is 4.55. The molecule has 15 heavy (non-hydrogen) atoms. The number of nitrogens with zero attached hydrogens (tertiary/aromatic N) is 2. The number of nitrogens with one attached hydrogen (secondary N) is 1. The number of hydrogen-bond acceptors (Lipinski definition) is 5. The minimum atomic E-state index is 0.730. The molecule has 2 heterocycles. The molecule has 0 amide bonds. The van der Waals surface area contributed by atoms with Gasteiger partial charge in [0.2, 0.25) is 0 Å². The Labute approximate surface area is 92.3 Å². The fraction of sp³-hybridized carbons (Fsp3) is 0.400. The van der Waals surface area contributed by atoms with E-state index in [1.807, 2.05) is 26.1 Å². The average Bonchev–Trinajstić information content (AvgIpc) is 2.76. The van der Waals surface area contributed by atoms with Gasteiger partial charge >= 0.3 is 0 Å². The van der Waals surface area contributed by atoms with Gasteiger partial charge in [0.25, 0.3) is 0 Å². The summed E-state index contributed by atoms with van der Waals surface area (Å²) < 4.78 is 4.97. The first-order valence-corrected chi connectivity index (χ1v) is 5.60. The van der Waals surface area contributed by atoms with Crippen LogP contribution in [0.15, 0.2) is 16.8 Å². The van der Waals surface area contributed by atoms with E-state index in [0.29, 0.717) is 0 Å². The van der Waals surface area contributed by atoms with Crippen molar-refractivity contribution in [1.29, 1.82) is 0 Å². The number of rotatable bonds is 4. The summed E-state index contributed by atoms with van der Waals surface area (Å²) in [7, 11) is 0. The van der Waals surface area contributed by atoms with Crippen LogP contribution < -0.4 is 5.32 Å². The fourth-order valence-electron chi connectivity index (χ4n) is 1.30. The zero-order chi connectivity index (χ0) is 10.7. The van der Waals surface area contributed by atoms with E-state index in [2.05, 4.69) is 15.5 Å². The summed E-state index contributed by atoms with van der Waals surface area (Å²) in [4.78, 5) is 5.43. The van der Waals surface area contributed by atoms with Crippen molar-refractivity contribution < 1.29 is 4.52 Å². The van der Waals surface area contributed by atoms with E-state index in [0.717, 1.165) is 29.6 Å². The van der Waals surface area contributed by atoms with Crippen molar-refractivity contribution in [3.05, 3.63) is 33.6 Å². The molecule has 2 aromatic heterocycles. The second-order valence-corrected chi connectivity index (χ2v) is 4.70. The van der Waals surface area contributed by atoms with Crippen molar-refractivity contribution in [2.75, 3.05) is 0 Å². The Balaban J connectivity index is 1.80. The lowest BCUT2D eigenvalue weighted by molar-refractivity contribution is 0.388. The lowest BCUT2D eigenvalue weighted by Crippen LogP contribution is -2.11. The number of thiazole rings is 1. The Hall–Kier alpha value is -1.20. The summed E-state index contributed by atoms with van der Waals surface area (Å²) in [6.45, 7) is 5.46. The van der Waals surface area contributed by atoms with E-state index >= 15 is 0 Å². The van der Waals surface area contributed by atoms with Gasteiger partial charge in [0.15, 0.2) is 0 Å². The summed E-state index contributed by atoms with van der Waals surface area (Å²) in [6, 6.07) is 1.94. The summed E-state index contributed by atoms with van der Waals surface area (Å²) in [5, 5.41) is 8.30. The summed E-state index contributed by atoms with van der Waals surface area (Å²) in [5.74, 6) is 0.848. The van der Waals surface area contributed by atoms with Crippen LogP contribution in [-0.4, -0.2) is 10.1 Å². The van der Waals surface area contributed by atoms with E-state index in [9.17, 15) is 0 Å². The first-order chi connectivity index (χ1) is 7.24. The third-order valence-electron chi connectivity index (χ3n) is 1.95. The molecule has 0 radical (unpaired) electrons. The Kier molecular flexibility index (Phi) is 3.13. The summed E-state index contributed by atoms with van der Waals surface area (Å²) >= 11 is 1.71. The van der Waals surface area contributed by atoms with Gasteiger partial charge in [-0.15, -0.1) is 11.3 Å². The molecule has 1 N–H and O–H groups in total. The van der Waals surface area contributed by atoms with E-state index in [1.165, 1.54) is 4.88 Å². The molecule has 0 bridgehead atoms.